The van der Waals surface area contributed by atoms with Gasteiger partial charge in [0.1, 0.15) is 0 Å². The van der Waals surface area contributed by atoms with E-state index in [2.05, 4.69) is 24.4 Å². The molecular weight excluding hydrogens is 290 g/mol. The molecule has 110 valence electrons. The van der Waals surface area contributed by atoms with Gasteiger partial charge < -0.3 is 5.32 Å². The highest BCUT2D eigenvalue weighted by molar-refractivity contribution is 8.00. The van der Waals surface area contributed by atoms with Crippen molar-refractivity contribution in [3.05, 3.63) is 72.3 Å². The van der Waals surface area contributed by atoms with Crippen molar-refractivity contribution < 1.29 is 4.79 Å². The molecule has 0 radical (unpaired) electrons. The van der Waals surface area contributed by atoms with Crippen molar-refractivity contribution in [3.8, 4) is 0 Å². The molecule has 0 saturated carbocycles. The molecule has 0 unspecified atom stereocenters. The number of carbonyl (C=O) groups excluding carboxylic acids is 1. The molecule has 3 rings (SSSR count). The van der Waals surface area contributed by atoms with Crippen LogP contribution >= 0.6 is 11.8 Å². The number of carbonyl (C=O) groups is 1. The van der Waals surface area contributed by atoms with E-state index < -0.39 is 0 Å². The molecule has 0 aromatic heterocycles. The number of hydrogen-bond acceptors (Lipinski definition) is 2. The van der Waals surface area contributed by atoms with E-state index in [4.69, 9.17) is 0 Å². The van der Waals surface area contributed by atoms with Gasteiger partial charge in [-0.3, -0.25) is 4.79 Å². The van der Waals surface area contributed by atoms with Crippen molar-refractivity contribution in [2.24, 2.45) is 0 Å². The maximum Gasteiger partial charge on any atom is 0.234 e. The Morgan fingerprint density at radius 3 is 2.50 bits per heavy atom. The van der Waals surface area contributed by atoms with E-state index in [9.17, 15) is 4.79 Å². The zero-order chi connectivity index (χ0) is 15.4. The molecule has 0 saturated heterocycles. The lowest BCUT2D eigenvalue weighted by molar-refractivity contribution is -0.113. The first-order valence-corrected chi connectivity index (χ1v) is 8.18. The molecule has 2 nitrogen and oxygen atoms in total. The second-order valence-electron chi connectivity index (χ2n) is 5.18. The lowest BCUT2D eigenvalue weighted by Crippen LogP contribution is -2.14. The van der Waals surface area contributed by atoms with Crippen molar-refractivity contribution in [1.29, 1.82) is 0 Å². The molecule has 0 bridgehead atoms. The fourth-order valence-corrected chi connectivity index (χ4v) is 3.00. The standard InChI is InChI=1S/C19H17NOS/c1-14-9-11-16(12-10-14)22-13-19(21)20-18-8-4-6-15-5-2-3-7-17(15)18/h2-12H,13H2,1H3,(H,20,21). The van der Waals surface area contributed by atoms with E-state index in [0.29, 0.717) is 5.75 Å². The Hall–Kier alpha value is -2.26. The summed E-state index contributed by atoms with van der Waals surface area (Å²) in [5.74, 6) is 0.425. The molecular formula is C19H17NOS. The number of hydrogen-bond donors (Lipinski definition) is 1. The number of nitrogens with one attached hydrogen (secondary N) is 1. The molecule has 3 heteroatoms. The van der Waals surface area contributed by atoms with Gasteiger partial charge in [-0.05, 0) is 30.5 Å². The normalized spacial score (nSPS) is 10.6. The Bertz CT molecular complexity index is 791. The minimum Gasteiger partial charge on any atom is -0.325 e. The van der Waals surface area contributed by atoms with Gasteiger partial charge in [-0.2, -0.15) is 0 Å². The summed E-state index contributed by atoms with van der Waals surface area (Å²) >= 11 is 1.55. The summed E-state index contributed by atoms with van der Waals surface area (Å²) in [5, 5.41) is 5.21. The monoisotopic (exact) mass is 307 g/mol. The van der Waals surface area contributed by atoms with Gasteiger partial charge in [0.25, 0.3) is 0 Å². The van der Waals surface area contributed by atoms with E-state index in [0.717, 1.165) is 21.4 Å². The summed E-state index contributed by atoms with van der Waals surface area (Å²) in [6.45, 7) is 2.06. The molecule has 0 aliphatic heterocycles. The van der Waals surface area contributed by atoms with E-state index in [1.807, 2.05) is 54.6 Å². The molecule has 0 heterocycles. The van der Waals surface area contributed by atoms with E-state index in [1.165, 1.54) is 5.56 Å². The summed E-state index contributed by atoms with van der Waals surface area (Å²) in [7, 11) is 0. The van der Waals surface area contributed by atoms with E-state index in [-0.39, 0.29) is 5.91 Å². The number of benzene rings is 3. The van der Waals surface area contributed by atoms with Crippen molar-refractivity contribution in [1.82, 2.24) is 0 Å². The van der Waals surface area contributed by atoms with Crippen LogP contribution in [0.2, 0.25) is 0 Å². The summed E-state index contributed by atoms with van der Waals surface area (Å²) in [4.78, 5) is 13.3. The summed E-state index contributed by atoms with van der Waals surface area (Å²) < 4.78 is 0. The zero-order valence-corrected chi connectivity index (χ0v) is 13.2. The van der Waals surface area contributed by atoms with Gasteiger partial charge in [0, 0.05) is 16.0 Å². The largest absolute Gasteiger partial charge is 0.325 e. The molecule has 0 atom stereocenters. The summed E-state index contributed by atoms with van der Waals surface area (Å²) in [6, 6.07) is 22.2. The Labute approximate surface area is 134 Å². The molecule has 1 N–H and O–H groups in total. The second-order valence-corrected chi connectivity index (χ2v) is 6.23. The second kappa shape index (κ2) is 6.67. The first kappa shape index (κ1) is 14.7. The third kappa shape index (κ3) is 3.49. The average molecular weight is 307 g/mol. The van der Waals surface area contributed by atoms with E-state index in [1.54, 1.807) is 11.8 Å². The maximum absolute atomic E-state index is 12.2. The van der Waals surface area contributed by atoms with Gasteiger partial charge >= 0.3 is 0 Å². The van der Waals surface area contributed by atoms with Crippen molar-refractivity contribution >= 4 is 34.1 Å². The van der Waals surface area contributed by atoms with Crippen molar-refractivity contribution in [3.63, 3.8) is 0 Å². The highest BCUT2D eigenvalue weighted by Crippen LogP contribution is 2.24. The van der Waals surface area contributed by atoms with Gasteiger partial charge in [-0.1, -0.05) is 54.1 Å². The van der Waals surface area contributed by atoms with Gasteiger partial charge in [0.15, 0.2) is 0 Å². The predicted octanol–water partition coefficient (Wildman–Crippen LogP) is 4.88. The van der Waals surface area contributed by atoms with Crippen LogP contribution < -0.4 is 5.32 Å². The van der Waals surface area contributed by atoms with E-state index >= 15 is 0 Å². The summed E-state index contributed by atoms with van der Waals surface area (Å²) in [5.41, 5.74) is 2.09. The lowest BCUT2D eigenvalue weighted by atomic mass is 10.1. The van der Waals surface area contributed by atoms with Crippen LogP contribution in [0.15, 0.2) is 71.6 Å². The van der Waals surface area contributed by atoms with Gasteiger partial charge in [-0.15, -0.1) is 11.8 Å². The SMILES string of the molecule is Cc1ccc(SCC(=O)Nc2cccc3ccccc23)cc1. The number of aryl methyl sites for hydroxylation is 1. The lowest BCUT2D eigenvalue weighted by Gasteiger charge is -2.08. The van der Waals surface area contributed by atoms with Crippen LogP contribution in [0.3, 0.4) is 0 Å². The molecule has 0 spiro atoms. The summed E-state index contributed by atoms with van der Waals surface area (Å²) in [6.07, 6.45) is 0. The molecule has 3 aromatic rings. The fourth-order valence-electron chi connectivity index (χ4n) is 2.30. The van der Waals surface area contributed by atoms with Crippen LogP contribution in [-0.2, 0) is 4.79 Å². The predicted molar refractivity (Wildman–Crippen MR) is 94.5 cm³/mol. The van der Waals surface area contributed by atoms with Gasteiger partial charge in [0.2, 0.25) is 5.91 Å². The zero-order valence-electron chi connectivity index (χ0n) is 12.4. The minimum atomic E-state index is 0.0157. The third-order valence-electron chi connectivity index (χ3n) is 3.45. The van der Waals surface area contributed by atoms with Crippen LogP contribution in [0.5, 0.6) is 0 Å². The average Bonchev–Trinajstić information content (AvgIpc) is 2.55. The number of rotatable bonds is 4. The van der Waals surface area contributed by atoms with Gasteiger partial charge in [-0.25, -0.2) is 0 Å². The van der Waals surface area contributed by atoms with Crippen molar-refractivity contribution in [2.45, 2.75) is 11.8 Å². The highest BCUT2D eigenvalue weighted by Gasteiger charge is 2.06. The number of fused-ring (bicyclic) bond motifs is 1. The first-order valence-electron chi connectivity index (χ1n) is 7.19. The molecule has 0 aliphatic rings. The Balaban J connectivity index is 1.67. The van der Waals surface area contributed by atoms with Crippen LogP contribution in [0.4, 0.5) is 5.69 Å². The molecule has 22 heavy (non-hydrogen) atoms. The Morgan fingerprint density at radius 2 is 1.68 bits per heavy atom. The number of amides is 1. The highest BCUT2D eigenvalue weighted by atomic mass is 32.2. The Morgan fingerprint density at radius 1 is 0.955 bits per heavy atom. The molecule has 3 aromatic carbocycles. The van der Waals surface area contributed by atoms with Crippen LogP contribution in [-0.4, -0.2) is 11.7 Å². The molecule has 0 fully saturated rings. The minimum absolute atomic E-state index is 0.0157. The van der Waals surface area contributed by atoms with Crippen LogP contribution in [0.1, 0.15) is 5.56 Å². The third-order valence-corrected chi connectivity index (χ3v) is 4.47. The molecule has 0 aliphatic carbocycles. The Kier molecular flexibility index (Phi) is 4.45. The quantitative estimate of drug-likeness (QED) is 0.696. The first-order chi connectivity index (χ1) is 10.7. The van der Waals surface area contributed by atoms with Crippen LogP contribution in [0, 0.1) is 6.92 Å². The van der Waals surface area contributed by atoms with Gasteiger partial charge in [0.05, 0.1) is 5.75 Å². The number of thioether (sulfide) groups is 1. The van der Waals surface area contributed by atoms with Crippen LogP contribution in [0.25, 0.3) is 10.8 Å². The maximum atomic E-state index is 12.2. The molecule has 1 amide bonds. The number of anilines is 1. The smallest absolute Gasteiger partial charge is 0.234 e. The topological polar surface area (TPSA) is 29.1 Å². The fraction of sp³-hybridized carbons (Fsp3) is 0.105. The van der Waals surface area contributed by atoms with Crippen molar-refractivity contribution in [2.75, 3.05) is 11.1 Å².